The number of imidazole rings is 1. The van der Waals surface area contributed by atoms with Gasteiger partial charge in [0.2, 0.25) is 5.91 Å². The maximum atomic E-state index is 11.7. The van der Waals surface area contributed by atoms with Crippen molar-refractivity contribution >= 4 is 36.4 Å². The third kappa shape index (κ3) is 5.00. The average Bonchev–Trinajstić information content (AvgIpc) is 2.77. The number of nitrogens with one attached hydrogen (secondary N) is 2. The number of fused-ring (bicyclic) bond motifs is 1. The third-order valence-electron chi connectivity index (χ3n) is 2.85. The smallest absolute Gasteiger partial charge is 0.226 e. The number of nitrogens with zero attached hydrogens (tertiary/aromatic N) is 2. The lowest BCUT2D eigenvalue weighted by Crippen LogP contribution is -2.37. The molecule has 5 nitrogen and oxygen atoms in total. The Labute approximate surface area is 131 Å². The number of carbonyl (C=O) groups is 1. The molecule has 0 aliphatic carbocycles. The van der Waals surface area contributed by atoms with E-state index in [1.807, 2.05) is 49.0 Å². The van der Waals surface area contributed by atoms with E-state index in [4.69, 9.17) is 0 Å². The predicted molar refractivity (Wildman–Crippen MR) is 84.9 cm³/mol. The molecule has 0 radical (unpaired) electrons. The molecular weight excluding hydrogens is 299 g/mol. The molecule has 7 heteroatoms. The van der Waals surface area contributed by atoms with Crippen LogP contribution in [0.1, 0.15) is 12.6 Å². The van der Waals surface area contributed by atoms with E-state index in [0.717, 1.165) is 11.3 Å². The number of hydrogen-bond acceptors (Lipinski definition) is 3. The van der Waals surface area contributed by atoms with Crippen molar-refractivity contribution in [2.75, 3.05) is 13.6 Å². The molecule has 112 valence electrons. The Kier molecular flexibility index (Phi) is 8.22. The standard InChI is InChI=1S/C13H18N4O.2ClH/c1-10(14-2)8-15-13(18)7-11-9-17-6-4-3-5-12(17)16-11;;/h3-6,9-10,14H,7-8H2,1-2H3,(H,15,18);2*1H. The summed E-state index contributed by atoms with van der Waals surface area (Å²) in [6.45, 7) is 2.65. The van der Waals surface area contributed by atoms with Gasteiger partial charge in [0.1, 0.15) is 5.65 Å². The first-order valence-corrected chi connectivity index (χ1v) is 6.05. The Hall–Kier alpha value is -1.30. The van der Waals surface area contributed by atoms with E-state index in [0.29, 0.717) is 13.0 Å². The third-order valence-corrected chi connectivity index (χ3v) is 2.85. The Bertz CT molecular complexity index is 511. The summed E-state index contributed by atoms with van der Waals surface area (Å²) in [5, 5.41) is 5.95. The van der Waals surface area contributed by atoms with Crippen LogP contribution < -0.4 is 10.6 Å². The minimum absolute atomic E-state index is 0. The summed E-state index contributed by atoms with van der Waals surface area (Å²) < 4.78 is 1.92. The van der Waals surface area contributed by atoms with Crippen LogP contribution in [0.15, 0.2) is 30.6 Å². The fourth-order valence-electron chi connectivity index (χ4n) is 1.67. The van der Waals surface area contributed by atoms with E-state index in [-0.39, 0.29) is 36.8 Å². The van der Waals surface area contributed by atoms with Crippen molar-refractivity contribution in [2.45, 2.75) is 19.4 Å². The van der Waals surface area contributed by atoms with Gasteiger partial charge in [-0.3, -0.25) is 4.79 Å². The fourth-order valence-corrected chi connectivity index (χ4v) is 1.67. The second-order valence-corrected chi connectivity index (χ2v) is 4.37. The number of rotatable bonds is 5. The molecule has 0 spiro atoms. The highest BCUT2D eigenvalue weighted by Crippen LogP contribution is 2.04. The van der Waals surface area contributed by atoms with Crippen LogP contribution in [0.5, 0.6) is 0 Å². The van der Waals surface area contributed by atoms with Gasteiger partial charge in [-0.1, -0.05) is 6.07 Å². The highest BCUT2D eigenvalue weighted by atomic mass is 35.5. The molecular formula is C13H20Cl2N4O. The van der Waals surface area contributed by atoms with E-state index in [1.165, 1.54) is 0 Å². The van der Waals surface area contributed by atoms with Crippen LogP contribution in [0.4, 0.5) is 0 Å². The molecule has 2 aromatic rings. The average molecular weight is 319 g/mol. The first-order valence-electron chi connectivity index (χ1n) is 6.05. The first-order chi connectivity index (χ1) is 8.69. The van der Waals surface area contributed by atoms with Gasteiger partial charge >= 0.3 is 0 Å². The summed E-state index contributed by atoms with van der Waals surface area (Å²) in [5.41, 5.74) is 1.65. The Morgan fingerprint density at radius 3 is 2.80 bits per heavy atom. The van der Waals surface area contributed by atoms with Gasteiger partial charge in [0.15, 0.2) is 0 Å². The number of likely N-dealkylation sites (N-methyl/N-ethyl adjacent to an activating group) is 1. The number of pyridine rings is 1. The minimum atomic E-state index is 0. The second-order valence-electron chi connectivity index (χ2n) is 4.37. The molecule has 2 rings (SSSR count). The lowest BCUT2D eigenvalue weighted by atomic mass is 10.3. The van der Waals surface area contributed by atoms with Crippen LogP contribution in [0.25, 0.3) is 5.65 Å². The van der Waals surface area contributed by atoms with Gasteiger partial charge in [0, 0.05) is 25.0 Å². The number of hydrogen-bond donors (Lipinski definition) is 2. The molecule has 2 aromatic heterocycles. The van der Waals surface area contributed by atoms with Crippen molar-refractivity contribution in [3.05, 3.63) is 36.3 Å². The molecule has 2 N–H and O–H groups in total. The number of carbonyl (C=O) groups excluding carboxylic acids is 1. The van der Waals surface area contributed by atoms with Crippen LogP contribution in [0.2, 0.25) is 0 Å². The Morgan fingerprint density at radius 2 is 2.15 bits per heavy atom. The Balaban J connectivity index is 0.00000180. The molecule has 0 aromatic carbocycles. The summed E-state index contributed by atoms with van der Waals surface area (Å²) in [6.07, 6.45) is 4.13. The summed E-state index contributed by atoms with van der Waals surface area (Å²) >= 11 is 0. The van der Waals surface area contributed by atoms with Crippen LogP contribution in [0, 0.1) is 0 Å². The van der Waals surface area contributed by atoms with Crippen molar-refractivity contribution in [2.24, 2.45) is 0 Å². The van der Waals surface area contributed by atoms with Gasteiger partial charge in [-0.25, -0.2) is 4.98 Å². The summed E-state index contributed by atoms with van der Waals surface area (Å²) in [4.78, 5) is 16.1. The molecule has 1 amide bonds. The molecule has 0 aliphatic rings. The summed E-state index contributed by atoms with van der Waals surface area (Å²) in [7, 11) is 1.87. The zero-order chi connectivity index (χ0) is 13.0. The second kappa shape index (κ2) is 8.79. The predicted octanol–water partition coefficient (Wildman–Crippen LogP) is 1.44. The quantitative estimate of drug-likeness (QED) is 0.877. The van der Waals surface area contributed by atoms with Crippen LogP contribution in [-0.4, -0.2) is 34.9 Å². The lowest BCUT2D eigenvalue weighted by molar-refractivity contribution is -0.120. The van der Waals surface area contributed by atoms with Crippen LogP contribution in [0.3, 0.4) is 0 Å². The molecule has 20 heavy (non-hydrogen) atoms. The van der Waals surface area contributed by atoms with Crippen molar-refractivity contribution in [1.29, 1.82) is 0 Å². The van der Waals surface area contributed by atoms with Crippen molar-refractivity contribution in [3.8, 4) is 0 Å². The fraction of sp³-hybridized carbons (Fsp3) is 0.385. The van der Waals surface area contributed by atoms with E-state index >= 15 is 0 Å². The molecule has 0 bridgehead atoms. The maximum absolute atomic E-state index is 11.7. The monoisotopic (exact) mass is 318 g/mol. The zero-order valence-electron chi connectivity index (χ0n) is 11.5. The molecule has 0 saturated heterocycles. The molecule has 0 aliphatic heterocycles. The zero-order valence-corrected chi connectivity index (χ0v) is 13.1. The van der Waals surface area contributed by atoms with Gasteiger partial charge in [0.25, 0.3) is 0 Å². The summed E-state index contributed by atoms with van der Waals surface area (Å²) in [5.74, 6) is 0.000469. The highest BCUT2D eigenvalue weighted by Gasteiger charge is 2.08. The van der Waals surface area contributed by atoms with Crippen LogP contribution >= 0.6 is 24.8 Å². The highest BCUT2D eigenvalue weighted by molar-refractivity contribution is 5.85. The molecule has 2 heterocycles. The largest absolute Gasteiger partial charge is 0.354 e. The SMILES string of the molecule is CNC(C)CNC(=O)Cc1cn2ccccc2n1.Cl.Cl. The molecule has 1 atom stereocenters. The topological polar surface area (TPSA) is 58.4 Å². The van der Waals surface area contributed by atoms with E-state index in [2.05, 4.69) is 15.6 Å². The van der Waals surface area contributed by atoms with E-state index < -0.39 is 0 Å². The van der Waals surface area contributed by atoms with Gasteiger partial charge in [0.05, 0.1) is 12.1 Å². The molecule has 0 saturated carbocycles. The molecule has 0 fully saturated rings. The van der Waals surface area contributed by atoms with Gasteiger partial charge in [-0.05, 0) is 26.1 Å². The number of aromatic nitrogens is 2. The van der Waals surface area contributed by atoms with Crippen molar-refractivity contribution in [3.63, 3.8) is 0 Å². The van der Waals surface area contributed by atoms with E-state index in [9.17, 15) is 4.79 Å². The normalized spacial score (nSPS) is 11.3. The van der Waals surface area contributed by atoms with Gasteiger partial charge in [-0.15, -0.1) is 24.8 Å². The minimum Gasteiger partial charge on any atom is -0.354 e. The number of amides is 1. The maximum Gasteiger partial charge on any atom is 0.226 e. The Morgan fingerprint density at radius 1 is 1.40 bits per heavy atom. The number of halogens is 2. The first kappa shape index (κ1) is 18.7. The van der Waals surface area contributed by atoms with Gasteiger partial charge in [-0.2, -0.15) is 0 Å². The van der Waals surface area contributed by atoms with Crippen molar-refractivity contribution in [1.82, 2.24) is 20.0 Å². The summed E-state index contributed by atoms with van der Waals surface area (Å²) in [6, 6.07) is 6.06. The van der Waals surface area contributed by atoms with Crippen molar-refractivity contribution < 1.29 is 4.79 Å². The van der Waals surface area contributed by atoms with E-state index in [1.54, 1.807) is 0 Å². The molecule has 1 unspecified atom stereocenters. The van der Waals surface area contributed by atoms with Gasteiger partial charge < -0.3 is 15.0 Å². The lowest BCUT2D eigenvalue weighted by Gasteiger charge is -2.10. The van der Waals surface area contributed by atoms with Crippen LogP contribution in [-0.2, 0) is 11.2 Å².